The molecule has 1 aromatic rings. The van der Waals surface area contributed by atoms with Crippen LogP contribution in [-0.2, 0) is 6.54 Å². The fraction of sp³-hybridized carbons (Fsp3) is 0.647. The van der Waals surface area contributed by atoms with Crippen LogP contribution < -0.4 is 5.32 Å². The van der Waals surface area contributed by atoms with Gasteiger partial charge < -0.3 is 5.32 Å². The highest BCUT2D eigenvalue weighted by Crippen LogP contribution is 2.19. The Kier molecular flexibility index (Phi) is 5.55. The molecule has 0 saturated carbocycles. The third kappa shape index (κ3) is 4.57. The molecule has 0 spiro atoms. The predicted molar refractivity (Wildman–Crippen MR) is 82.1 cm³/mol. The Morgan fingerprint density at radius 1 is 1.30 bits per heavy atom. The monoisotopic (exact) mass is 278 g/mol. The molecule has 1 aromatic carbocycles. The van der Waals surface area contributed by atoms with Crippen LogP contribution in [0.2, 0.25) is 0 Å². The molecule has 0 amide bonds. The molecule has 3 heteroatoms. The van der Waals surface area contributed by atoms with Crippen LogP contribution in [-0.4, -0.2) is 30.6 Å². The molecule has 112 valence electrons. The number of piperidine rings is 1. The van der Waals surface area contributed by atoms with Gasteiger partial charge in [0.05, 0.1) is 0 Å². The minimum absolute atomic E-state index is 0.0857. The summed E-state index contributed by atoms with van der Waals surface area (Å²) in [6, 6.07) is 7.65. The second-order valence-corrected chi connectivity index (χ2v) is 6.63. The maximum absolute atomic E-state index is 13.8. The molecular weight excluding hydrogens is 251 g/mol. The summed E-state index contributed by atoms with van der Waals surface area (Å²) in [6.07, 6.45) is 1.22. The number of benzene rings is 1. The summed E-state index contributed by atoms with van der Waals surface area (Å²) in [5.41, 5.74) is 0.809. The van der Waals surface area contributed by atoms with E-state index in [0.29, 0.717) is 17.9 Å². The molecule has 2 unspecified atom stereocenters. The van der Waals surface area contributed by atoms with E-state index in [0.717, 1.165) is 31.7 Å². The van der Waals surface area contributed by atoms with E-state index in [9.17, 15) is 4.39 Å². The van der Waals surface area contributed by atoms with E-state index in [4.69, 9.17) is 0 Å². The quantitative estimate of drug-likeness (QED) is 0.889. The zero-order valence-corrected chi connectivity index (χ0v) is 12.9. The van der Waals surface area contributed by atoms with Gasteiger partial charge in [-0.05, 0) is 30.9 Å². The van der Waals surface area contributed by atoms with Crippen molar-refractivity contribution < 1.29 is 4.39 Å². The SMILES string of the molecule is CC(C)CNC1CC(C)CN(Cc2ccccc2F)C1. The van der Waals surface area contributed by atoms with Crippen molar-refractivity contribution in [1.29, 1.82) is 0 Å². The van der Waals surface area contributed by atoms with Crippen molar-refractivity contribution in [1.82, 2.24) is 10.2 Å². The molecule has 1 aliphatic heterocycles. The van der Waals surface area contributed by atoms with Gasteiger partial charge >= 0.3 is 0 Å². The van der Waals surface area contributed by atoms with Gasteiger partial charge in [0, 0.05) is 31.2 Å². The van der Waals surface area contributed by atoms with E-state index in [1.807, 2.05) is 12.1 Å². The molecule has 0 bridgehead atoms. The lowest BCUT2D eigenvalue weighted by Crippen LogP contribution is -2.49. The molecular formula is C17H27FN2. The summed E-state index contributed by atoms with van der Waals surface area (Å²) in [5, 5.41) is 3.65. The molecule has 20 heavy (non-hydrogen) atoms. The van der Waals surface area contributed by atoms with Crippen LogP contribution in [0.15, 0.2) is 24.3 Å². The topological polar surface area (TPSA) is 15.3 Å². The van der Waals surface area contributed by atoms with E-state index >= 15 is 0 Å². The van der Waals surface area contributed by atoms with Crippen molar-refractivity contribution in [2.24, 2.45) is 11.8 Å². The van der Waals surface area contributed by atoms with Gasteiger partial charge in [-0.3, -0.25) is 4.90 Å². The molecule has 0 aromatic heterocycles. The lowest BCUT2D eigenvalue weighted by Gasteiger charge is -2.37. The summed E-state index contributed by atoms with van der Waals surface area (Å²) in [4.78, 5) is 2.38. The van der Waals surface area contributed by atoms with E-state index < -0.39 is 0 Å². The van der Waals surface area contributed by atoms with Crippen molar-refractivity contribution in [3.05, 3.63) is 35.6 Å². The first-order chi connectivity index (χ1) is 9.54. The number of nitrogens with zero attached hydrogens (tertiary/aromatic N) is 1. The molecule has 1 aliphatic rings. The lowest BCUT2D eigenvalue weighted by atomic mass is 9.95. The van der Waals surface area contributed by atoms with Crippen LogP contribution in [0.25, 0.3) is 0 Å². The molecule has 1 heterocycles. The highest BCUT2D eigenvalue weighted by Gasteiger charge is 2.24. The first kappa shape index (κ1) is 15.5. The molecule has 0 aliphatic carbocycles. The number of halogens is 1. The first-order valence-electron chi connectivity index (χ1n) is 7.73. The molecule has 1 N–H and O–H groups in total. The third-order valence-corrected chi connectivity index (χ3v) is 3.90. The average Bonchev–Trinajstić information content (AvgIpc) is 2.38. The van der Waals surface area contributed by atoms with E-state index in [2.05, 4.69) is 31.0 Å². The fourth-order valence-electron chi connectivity index (χ4n) is 3.01. The zero-order chi connectivity index (χ0) is 14.5. The summed E-state index contributed by atoms with van der Waals surface area (Å²) in [6.45, 7) is 10.6. The summed E-state index contributed by atoms with van der Waals surface area (Å²) in [5.74, 6) is 1.25. The third-order valence-electron chi connectivity index (χ3n) is 3.90. The predicted octanol–water partition coefficient (Wildman–Crippen LogP) is 3.28. The standard InChI is InChI=1S/C17H27FN2/c1-13(2)9-19-16-8-14(3)10-20(12-16)11-15-6-4-5-7-17(15)18/h4-7,13-14,16,19H,8-12H2,1-3H3. The molecule has 1 fully saturated rings. The number of hydrogen-bond acceptors (Lipinski definition) is 2. The Morgan fingerprint density at radius 3 is 2.75 bits per heavy atom. The molecule has 2 atom stereocenters. The van der Waals surface area contributed by atoms with Crippen molar-refractivity contribution in [2.45, 2.75) is 39.8 Å². The van der Waals surface area contributed by atoms with Crippen molar-refractivity contribution in [3.63, 3.8) is 0 Å². The fourth-order valence-corrected chi connectivity index (χ4v) is 3.01. The van der Waals surface area contributed by atoms with Crippen LogP contribution in [0.1, 0.15) is 32.8 Å². The maximum atomic E-state index is 13.8. The van der Waals surface area contributed by atoms with Gasteiger partial charge in [-0.25, -0.2) is 4.39 Å². The Morgan fingerprint density at radius 2 is 2.05 bits per heavy atom. The Bertz CT molecular complexity index is 419. The van der Waals surface area contributed by atoms with Crippen LogP contribution in [0.5, 0.6) is 0 Å². The van der Waals surface area contributed by atoms with Gasteiger partial charge in [0.1, 0.15) is 5.82 Å². The molecule has 2 nitrogen and oxygen atoms in total. The lowest BCUT2D eigenvalue weighted by molar-refractivity contribution is 0.139. The van der Waals surface area contributed by atoms with Crippen LogP contribution in [0.4, 0.5) is 4.39 Å². The van der Waals surface area contributed by atoms with Gasteiger partial charge in [-0.15, -0.1) is 0 Å². The van der Waals surface area contributed by atoms with Gasteiger partial charge in [0.25, 0.3) is 0 Å². The number of hydrogen-bond donors (Lipinski definition) is 1. The van der Waals surface area contributed by atoms with E-state index in [-0.39, 0.29) is 5.82 Å². The summed E-state index contributed by atoms with van der Waals surface area (Å²) >= 11 is 0. The molecule has 0 radical (unpaired) electrons. The Labute approximate surface area is 122 Å². The highest BCUT2D eigenvalue weighted by molar-refractivity contribution is 5.17. The average molecular weight is 278 g/mol. The largest absolute Gasteiger partial charge is 0.312 e. The Hall–Kier alpha value is -0.930. The van der Waals surface area contributed by atoms with Gasteiger partial charge in [0.15, 0.2) is 0 Å². The minimum Gasteiger partial charge on any atom is -0.312 e. The number of likely N-dealkylation sites (tertiary alicyclic amines) is 1. The number of rotatable bonds is 5. The maximum Gasteiger partial charge on any atom is 0.127 e. The summed E-state index contributed by atoms with van der Waals surface area (Å²) < 4.78 is 13.8. The first-order valence-corrected chi connectivity index (χ1v) is 7.73. The van der Waals surface area contributed by atoms with Gasteiger partial charge in [-0.1, -0.05) is 39.0 Å². The van der Waals surface area contributed by atoms with Gasteiger partial charge in [-0.2, -0.15) is 0 Å². The van der Waals surface area contributed by atoms with Crippen molar-refractivity contribution in [3.8, 4) is 0 Å². The van der Waals surface area contributed by atoms with Crippen LogP contribution in [0, 0.1) is 17.7 Å². The zero-order valence-electron chi connectivity index (χ0n) is 12.9. The number of nitrogens with one attached hydrogen (secondary N) is 1. The van der Waals surface area contributed by atoms with Crippen molar-refractivity contribution in [2.75, 3.05) is 19.6 Å². The molecule has 1 saturated heterocycles. The smallest absolute Gasteiger partial charge is 0.127 e. The van der Waals surface area contributed by atoms with E-state index in [1.54, 1.807) is 12.1 Å². The minimum atomic E-state index is -0.0857. The van der Waals surface area contributed by atoms with E-state index in [1.165, 1.54) is 6.42 Å². The van der Waals surface area contributed by atoms with Crippen LogP contribution >= 0.6 is 0 Å². The van der Waals surface area contributed by atoms with Crippen molar-refractivity contribution >= 4 is 0 Å². The Balaban J connectivity index is 1.92. The summed E-state index contributed by atoms with van der Waals surface area (Å²) in [7, 11) is 0. The second kappa shape index (κ2) is 7.19. The highest BCUT2D eigenvalue weighted by atomic mass is 19.1. The normalized spacial score (nSPS) is 24.2. The van der Waals surface area contributed by atoms with Crippen LogP contribution in [0.3, 0.4) is 0 Å². The second-order valence-electron chi connectivity index (χ2n) is 6.63. The van der Waals surface area contributed by atoms with Gasteiger partial charge in [0.2, 0.25) is 0 Å². The molecule has 2 rings (SSSR count).